The maximum absolute atomic E-state index is 12.7. The zero-order valence-corrected chi connectivity index (χ0v) is 17.0. The molecule has 0 fully saturated rings. The number of nitrogens with zero attached hydrogens (tertiary/aromatic N) is 4. The van der Waals surface area contributed by atoms with Gasteiger partial charge in [-0.3, -0.25) is 14.9 Å². The molecule has 0 N–H and O–H groups in total. The number of ether oxygens (including phenoxy) is 1. The molecule has 8 nitrogen and oxygen atoms in total. The van der Waals surface area contributed by atoms with Gasteiger partial charge in [-0.1, -0.05) is 36.8 Å². The average molecular weight is 422 g/mol. The van der Waals surface area contributed by atoms with Crippen LogP contribution in [0.2, 0.25) is 0 Å². The lowest BCUT2D eigenvalue weighted by Crippen LogP contribution is -2.23. The van der Waals surface area contributed by atoms with Crippen molar-refractivity contribution in [2.75, 3.05) is 6.61 Å². The van der Waals surface area contributed by atoms with Crippen molar-refractivity contribution in [2.24, 2.45) is 0 Å². The average Bonchev–Trinajstić information content (AvgIpc) is 3.28. The minimum atomic E-state index is -0.468. The van der Waals surface area contributed by atoms with Crippen molar-refractivity contribution in [1.29, 1.82) is 0 Å². The molecular weight excluding hydrogens is 404 g/mol. The van der Waals surface area contributed by atoms with E-state index in [2.05, 4.69) is 17.0 Å². The Bertz CT molecular complexity index is 1310. The van der Waals surface area contributed by atoms with E-state index >= 15 is 0 Å². The zero-order chi connectivity index (χ0) is 21.1. The van der Waals surface area contributed by atoms with E-state index in [0.29, 0.717) is 27.5 Å². The van der Waals surface area contributed by atoms with Crippen LogP contribution in [0.15, 0.2) is 53.3 Å². The van der Waals surface area contributed by atoms with Crippen LogP contribution in [-0.4, -0.2) is 26.1 Å². The molecule has 0 amide bonds. The van der Waals surface area contributed by atoms with E-state index < -0.39 is 4.92 Å². The molecule has 4 rings (SSSR count). The molecule has 2 aromatic carbocycles. The van der Waals surface area contributed by atoms with Gasteiger partial charge < -0.3 is 4.74 Å². The van der Waals surface area contributed by atoms with Crippen LogP contribution in [0.3, 0.4) is 0 Å². The Hall–Kier alpha value is -3.59. The second-order valence-corrected chi connectivity index (χ2v) is 7.63. The highest BCUT2D eigenvalue weighted by Crippen LogP contribution is 2.21. The minimum absolute atomic E-state index is 0.0277. The molecule has 4 aromatic rings. The predicted molar refractivity (Wildman–Crippen MR) is 115 cm³/mol. The van der Waals surface area contributed by atoms with Crippen LogP contribution in [-0.2, 0) is 0 Å². The van der Waals surface area contributed by atoms with E-state index in [4.69, 9.17) is 4.74 Å². The van der Waals surface area contributed by atoms with Gasteiger partial charge in [0.15, 0.2) is 5.82 Å². The summed E-state index contributed by atoms with van der Waals surface area (Å²) in [6.07, 6.45) is 3.69. The molecule has 0 aliphatic carbocycles. The fourth-order valence-corrected chi connectivity index (χ4v) is 3.78. The smallest absolute Gasteiger partial charge is 0.291 e. The first-order valence-corrected chi connectivity index (χ1v) is 10.3. The predicted octanol–water partition coefficient (Wildman–Crippen LogP) is 3.45. The molecule has 9 heteroatoms. The fraction of sp³-hybridized carbons (Fsp3) is 0.190. The topological polar surface area (TPSA) is 99.6 Å². The molecule has 152 valence electrons. The Labute approximate surface area is 175 Å². The molecule has 0 aliphatic rings. The van der Waals surface area contributed by atoms with Crippen molar-refractivity contribution in [3.8, 4) is 17.1 Å². The summed E-state index contributed by atoms with van der Waals surface area (Å²) in [5, 5.41) is 15.3. The zero-order valence-electron chi connectivity index (χ0n) is 16.1. The lowest BCUT2D eigenvalue weighted by Gasteiger charge is -2.05. The van der Waals surface area contributed by atoms with E-state index in [-0.39, 0.29) is 11.2 Å². The number of nitro benzene ring substituents is 1. The molecule has 2 aromatic heterocycles. The van der Waals surface area contributed by atoms with E-state index in [1.165, 1.54) is 28.0 Å². The number of unbranched alkanes of at least 4 members (excludes halogenated alkanes) is 1. The first-order chi connectivity index (χ1) is 14.5. The highest BCUT2D eigenvalue weighted by atomic mass is 32.1. The van der Waals surface area contributed by atoms with Gasteiger partial charge in [0.2, 0.25) is 4.96 Å². The molecule has 30 heavy (non-hydrogen) atoms. The summed E-state index contributed by atoms with van der Waals surface area (Å²) >= 11 is 1.19. The molecular formula is C21H18N4O4S. The standard InChI is InChI=1S/C21H18N4O4S/c1-2-3-11-29-17-9-7-15(8-10-17)19-22-21-24(23-19)20(26)18(30-21)13-14-5-4-6-16(12-14)25(27)28/h4-10,12-13H,2-3,11H2,1H3. The van der Waals surface area contributed by atoms with Crippen LogP contribution in [0.25, 0.3) is 22.4 Å². The van der Waals surface area contributed by atoms with Crippen molar-refractivity contribution >= 4 is 28.1 Å². The Morgan fingerprint density at radius 1 is 1.23 bits per heavy atom. The van der Waals surface area contributed by atoms with Gasteiger partial charge in [-0.05, 0) is 42.3 Å². The summed E-state index contributed by atoms with van der Waals surface area (Å²) < 4.78 is 7.33. The van der Waals surface area contributed by atoms with Crippen molar-refractivity contribution in [1.82, 2.24) is 14.6 Å². The van der Waals surface area contributed by atoms with Gasteiger partial charge in [0.25, 0.3) is 11.2 Å². The normalized spacial score (nSPS) is 11.8. The van der Waals surface area contributed by atoms with Crippen molar-refractivity contribution < 1.29 is 9.66 Å². The highest BCUT2D eigenvalue weighted by molar-refractivity contribution is 7.15. The van der Waals surface area contributed by atoms with Gasteiger partial charge in [0, 0.05) is 17.7 Å². The lowest BCUT2D eigenvalue weighted by atomic mass is 10.2. The number of thiazole rings is 1. The number of hydrogen-bond donors (Lipinski definition) is 0. The number of nitro groups is 1. The first kappa shape index (κ1) is 19.7. The minimum Gasteiger partial charge on any atom is -0.494 e. The number of fused-ring (bicyclic) bond motifs is 1. The summed E-state index contributed by atoms with van der Waals surface area (Å²) in [5.41, 5.74) is 1.03. The van der Waals surface area contributed by atoms with Gasteiger partial charge in [0.05, 0.1) is 16.1 Å². The number of aromatic nitrogens is 3. The third kappa shape index (κ3) is 4.06. The Morgan fingerprint density at radius 2 is 2.03 bits per heavy atom. The summed E-state index contributed by atoms with van der Waals surface area (Å²) in [7, 11) is 0. The third-order valence-corrected chi connectivity index (χ3v) is 5.40. The molecule has 0 aliphatic heterocycles. The van der Waals surface area contributed by atoms with Crippen molar-refractivity contribution in [2.45, 2.75) is 19.8 Å². The monoisotopic (exact) mass is 422 g/mol. The largest absolute Gasteiger partial charge is 0.494 e. The van der Waals surface area contributed by atoms with Crippen LogP contribution in [0.5, 0.6) is 5.75 Å². The van der Waals surface area contributed by atoms with Gasteiger partial charge >= 0.3 is 0 Å². The maximum Gasteiger partial charge on any atom is 0.291 e. The quantitative estimate of drug-likeness (QED) is 0.257. The van der Waals surface area contributed by atoms with Crippen LogP contribution in [0.4, 0.5) is 5.69 Å². The van der Waals surface area contributed by atoms with Gasteiger partial charge in [0.1, 0.15) is 5.75 Å². The van der Waals surface area contributed by atoms with Crippen LogP contribution >= 0.6 is 11.3 Å². The van der Waals surface area contributed by atoms with Crippen LogP contribution < -0.4 is 14.8 Å². The second kappa shape index (κ2) is 8.42. The van der Waals surface area contributed by atoms with Gasteiger partial charge in [-0.25, -0.2) is 0 Å². The number of hydrogen-bond acceptors (Lipinski definition) is 7. The van der Waals surface area contributed by atoms with Gasteiger partial charge in [-0.15, -0.1) is 5.10 Å². The third-order valence-electron chi connectivity index (χ3n) is 4.44. The Balaban J connectivity index is 1.62. The van der Waals surface area contributed by atoms with E-state index in [1.54, 1.807) is 18.2 Å². The molecule has 0 spiro atoms. The number of rotatable bonds is 7. The molecule has 0 saturated carbocycles. The molecule has 0 radical (unpaired) electrons. The van der Waals surface area contributed by atoms with Crippen molar-refractivity contribution in [3.63, 3.8) is 0 Å². The maximum atomic E-state index is 12.7. The van der Waals surface area contributed by atoms with E-state index in [1.807, 2.05) is 24.3 Å². The summed E-state index contributed by atoms with van der Waals surface area (Å²) in [4.78, 5) is 28.1. The highest BCUT2D eigenvalue weighted by Gasteiger charge is 2.12. The van der Waals surface area contributed by atoms with Crippen LogP contribution in [0.1, 0.15) is 25.3 Å². The van der Waals surface area contributed by atoms with E-state index in [0.717, 1.165) is 24.2 Å². The Kier molecular flexibility index (Phi) is 5.53. The molecule has 0 atom stereocenters. The SMILES string of the molecule is CCCCOc1ccc(-c2nc3sc(=Cc4cccc([N+](=O)[O-])c4)c(=O)n3n2)cc1. The number of benzene rings is 2. The molecule has 2 heterocycles. The fourth-order valence-electron chi connectivity index (χ4n) is 2.87. The van der Waals surface area contributed by atoms with E-state index in [9.17, 15) is 14.9 Å². The van der Waals surface area contributed by atoms with Crippen LogP contribution in [0, 0.1) is 10.1 Å². The summed E-state index contributed by atoms with van der Waals surface area (Å²) in [5.74, 6) is 1.24. The lowest BCUT2D eigenvalue weighted by molar-refractivity contribution is -0.384. The molecule has 0 bridgehead atoms. The summed E-state index contributed by atoms with van der Waals surface area (Å²) in [6.45, 7) is 2.79. The summed E-state index contributed by atoms with van der Waals surface area (Å²) in [6, 6.07) is 13.6. The second-order valence-electron chi connectivity index (χ2n) is 6.62. The molecule has 0 unspecified atom stereocenters. The number of non-ortho nitro benzene ring substituents is 1. The van der Waals surface area contributed by atoms with Crippen molar-refractivity contribution in [3.05, 3.63) is 79.1 Å². The van der Waals surface area contributed by atoms with Gasteiger partial charge in [-0.2, -0.15) is 9.50 Å². The first-order valence-electron chi connectivity index (χ1n) is 9.44. The molecule has 0 saturated heterocycles. The Morgan fingerprint density at radius 3 is 2.73 bits per heavy atom.